The molecule has 0 aliphatic carbocycles. The predicted octanol–water partition coefficient (Wildman–Crippen LogP) is 4.95. The first-order valence-electron chi connectivity index (χ1n) is 9.51. The first-order valence-corrected chi connectivity index (χ1v) is 9.51. The Morgan fingerprint density at radius 3 is 2.33 bits per heavy atom. The maximum atomic E-state index is 6.66. The topological polar surface area (TPSA) is 24.5 Å². The average Bonchev–Trinajstić information content (AvgIpc) is 2.62. The van der Waals surface area contributed by atoms with Crippen molar-refractivity contribution in [2.75, 3.05) is 7.05 Å². The molecular formula is C21H36N2O. The van der Waals surface area contributed by atoms with E-state index in [2.05, 4.69) is 89.3 Å². The molecule has 1 N–H and O–H groups in total. The van der Waals surface area contributed by atoms with Gasteiger partial charge in [0, 0.05) is 17.1 Å². The number of hydrogen-bond acceptors (Lipinski definition) is 3. The lowest BCUT2D eigenvalue weighted by Crippen LogP contribution is -2.69. The van der Waals surface area contributed by atoms with E-state index in [1.165, 1.54) is 5.56 Å². The molecule has 136 valence electrons. The molecule has 5 unspecified atom stereocenters. The molecule has 1 aliphatic heterocycles. The summed E-state index contributed by atoms with van der Waals surface area (Å²) < 4.78 is 0. The quantitative estimate of drug-likeness (QED) is 0.798. The van der Waals surface area contributed by atoms with Crippen LogP contribution in [0.2, 0.25) is 0 Å². The van der Waals surface area contributed by atoms with Crippen molar-refractivity contribution in [2.24, 2.45) is 5.92 Å². The zero-order chi connectivity index (χ0) is 18.0. The van der Waals surface area contributed by atoms with Crippen LogP contribution in [0.4, 0.5) is 0 Å². The highest BCUT2D eigenvalue weighted by molar-refractivity contribution is 5.17. The summed E-state index contributed by atoms with van der Waals surface area (Å²) in [5.41, 5.74) is 1.28. The van der Waals surface area contributed by atoms with E-state index in [4.69, 9.17) is 4.84 Å². The number of nitrogens with zero attached hydrogens (tertiary/aromatic N) is 1. The summed E-state index contributed by atoms with van der Waals surface area (Å²) in [6.45, 7) is 13.8. The van der Waals surface area contributed by atoms with Gasteiger partial charge in [0.15, 0.2) is 0 Å². The van der Waals surface area contributed by atoms with Gasteiger partial charge in [0.25, 0.3) is 0 Å². The van der Waals surface area contributed by atoms with Crippen LogP contribution in [0.5, 0.6) is 0 Å². The van der Waals surface area contributed by atoms with E-state index in [1.54, 1.807) is 0 Å². The van der Waals surface area contributed by atoms with Crippen LogP contribution in [0, 0.1) is 5.92 Å². The Morgan fingerprint density at radius 2 is 1.83 bits per heavy atom. The minimum atomic E-state index is 0.0136. The van der Waals surface area contributed by atoms with Crippen molar-refractivity contribution in [1.29, 1.82) is 0 Å². The third-order valence-electron chi connectivity index (χ3n) is 6.58. The highest BCUT2D eigenvalue weighted by Gasteiger charge is 2.53. The van der Waals surface area contributed by atoms with Crippen LogP contribution in [0.25, 0.3) is 0 Å². The SMILES string of the molecule is CCC1(C)CC(NC)C(C)C(C)(CC)N1OC(C)c1ccccc1. The van der Waals surface area contributed by atoms with E-state index in [9.17, 15) is 0 Å². The third-order valence-corrected chi connectivity index (χ3v) is 6.58. The summed E-state index contributed by atoms with van der Waals surface area (Å²) in [5.74, 6) is 0.523. The average molecular weight is 333 g/mol. The third kappa shape index (κ3) is 3.40. The van der Waals surface area contributed by atoms with Crippen LogP contribution in [0.1, 0.15) is 72.5 Å². The molecule has 1 aromatic rings. The van der Waals surface area contributed by atoms with E-state index in [0.29, 0.717) is 12.0 Å². The van der Waals surface area contributed by atoms with Crippen molar-refractivity contribution >= 4 is 0 Å². The van der Waals surface area contributed by atoms with Crippen LogP contribution >= 0.6 is 0 Å². The molecule has 1 saturated heterocycles. The van der Waals surface area contributed by atoms with E-state index >= 15 is 0 Å². The van der Waals surface area contributed by atoms with Crippen LogP contribution in [0.3, 0.4) is 0 Å². The number of hydrogen-bond donors (Lipinski definition) is 1. The molecule has 3 nitrogen and oxygen atoms in total. The Kier molecular flexibility index (Phi) is 6.11. The molecule has 1 aliphatic rings. The Morgan fingerprint density at radius 1 is 1.21 bits per heavy atom. The molecule has 1 heterocycles. The lowest BCUT2D eigenvalue weighted by Gasteiger charge is -2.60. The van der Waals surface area contributed by atoms with Crippen molar-refractivity contribution in [1.82, 2.24) is 10.4 Å². The lowest BCUT2D eigenvalue weighted by molar-refractivity contribution is -0.327. The van der Waals surface area contributed by atoms with Crippen LogP contribution in [-0.4, -0.2) is 29.2 Å². The van der Waals surface area contributed by atoms with Gasteiger partial charge < -0.3 is 5.32 Å². The van der Waals surface area contributed by atoms with E-state index in [0.717, 1.165) is 19.3 Å². The molecule has 0 bridgehead atoms. The zero-order valence-electron chi connectivity index (χ0n) is 16.6. The van der Waals surface area contributed by atoms with Crippen molar-refractivity contribution < 1.29 is 4.84 Å². The second-order valence-electron chi connectivity index (χ2n) is 7.90. The molecule has 1 fully saturated rings. The molecule has 3 heteroatoms. The van der Waals surface area contributed by atoms with E-state index in [-0.39, 0.29) is 17.2 Å². The van der Waals surface area contributed by atoms with Gasteiger partial charge in [-0.3, -0.25) is 4.84 Å². The molecule has 1 aromatic carbocycles. The number of hydroxylamine groups is 2. The van der Waals surface area contributed by atoms with Gasteiger partial charge in [-0.05, 0) is 58.6 Å². The Hall–Kier alpha value is -0.900. The Balaban J connectivity index is 2.35. The fraction of sp³-hybridized carbons (Fsp3) is 0.714. The number of piperidine rings is 1. The summed E-state index contributed by atoms with van der Waals surface area (Å²) in [6, 6.07) is 11.1. The molecule has 2 rings (SSSR count). The van der Waals surface area contributed by atoms with Gasteiger partial charge in [-0.1, -0.05) is 51.1 Å². The molecule has 0 radical (unpaired) electrons. The predicted molar refractivity (Wildman–Crippen MR) is 102 cm³/mol. The minimum absolute atomic E-state index is 0.0136. The number of nitrogens with one attached hydrogen (secondary N) is 1. The van der Waals surface area contributed by atoms with Crippen LogP contribution in [0.15, 0.2) is 30.3 Å². The molecule has 5 atom stereocenters. The number of benzene rings is 1. The Labute approximate surface area is 148 Å². The molecule has 0 saturated carbocycles. The molecular weight excluding hydrogens is 296 g/mol. The Bertz CT molecular complexity index is 520. The molecule has 0 spiro atoms. The molecule has 24 heavy (non-hydrogen) atoms. The van der Waals surface area contributed by atoms with Crippen molar-refractivity contribution in [3.63, 3.8) is 0 Å². The van der Waals surface area contributed by atoms with E-state index < -0.39 is 0 Å². The normalized spacial score (nSPS) is 35.8. The van der Waals surface area contributed by atoms with Gasteiger partial charge in [-0.25, -0.2) is 0 Å². The summed E-state index contributed by atoms with van der Waals surface area (Å²) in [7, 11) is 2.09. The van der Waals surface area contributed by atoms with Gasteiger partial charge in [0.1, 0.15) is 6.10 Å². The largest absolute Gasteiger partial charge is 0.317 e. The van der Waals surface area contributed by atoms with Gasteiger partial charge in [0.05, 0.1) is 0 Å². The second-order valence-corrected chi connectivity index (χ2v) is 7.90. The van der Waals surface area contributed by atoms with Crippen molar-refractivity contribution in [2.45, 2.75) is 84.0 Å². The first-order chi connectivity index (χ1) is 11.3. The summed E-state index contributed by atoms with van der Waals surface area (Å²) in [6.07, 6.45) is 3.32. The maximum absolute atomic E-state index is 6.66. The fourth-order valence-electron chi connectivity index (χ4n) is 4.26. The minimum Gasteiger partial charge on any atom is -0.317 e. The summed E-state index contributed by atoms with van der Waals surface area (Å²) in [5, 5.41) is 5.91. The van der Waals surface area contributed by atoms with Gasteiger partial charge in [0.2, 0.25) is 0 Å². The second kappa shape index (κ2) is 7.55. The zero-order valence-corrected chi connectivity index (χ0v) is 16.6. The van der Waals surface area contributed by atoms with Gasteiger partial charge in [-0.2, -0.15) is 5.06 Å². The standard InChI is InChI=1S/C21H36N2O/c1-8-20(5)15-19(22-7)16(3)21(6,9-2)23(20)24-17(4)18-13-11-10-12-14-18/h10-14,16-17,19,22H,8-9,15H2,1-7H3. The highest BCUT2D eigenvalue weighted by Crippen LogP contribution is 2.46. The van der Waals surface area contributed by atoms with Crippen LogP contribution in [-0.2, 0) is 4.84 Å². The van der Waals surface area contributed by atoms with Gasteiger partial charge in [-0.15, -0.1) is 0 Å². The maximum Gasteiger partial charge on any atom is 0.102 e. The lowest BCUT2D eigenvalue weighted by atomic mass is 9.68. The molecule has 0 amide bonds. The monoisotopic (exact) mass is 332 g/mol. The highest BCUT2D eigenvalue weighted by atomic mass is 16.7. The summed E-state index contributed by atoms with van der Waals surface area (Å²) in [4.78, 5) is 6.66. The van der Waals surface area contributed by atoms with Gasteiger partial charge >= 0.3 is 0 Å². The molecule has 0 aromatic heterocycles. The van der Waals surface area contributed by atoms with Crippen LogP contribution < -0.4 is 5.32 Å². The fourth-order valence-corrected chi connectivity index (χ4v) is 4.26. The van der Waals surface area contributed by atoms with Crippen molar-refractivity contribution in [3.8, 4) is 0 Å². The smallest absolute Gasteiger partial charge is 0.102 e. The van der Waals surface area contributed by atoms with Crippen molar-refractivity contribution in [3.05, 3.63) is 35.9 Å². The summed E-state index contributed by atoms with van der Waals surface area (Å²) >= 11 is 0. The number of rotatable bonds is 6. The first kappa shape index (κ1) is 19.4. The van der Waals surface area contributed by atoms with E-state index in [1.807, 2.05) is 0 Å².